The Balaban J connectivity index is 2.40. The van der Waals surface area contributed by atoms with Crippen molar-refractivity contribution in [1.29, 1.82) is 0 Å². The molecule has 0 aliphatic rings. The van der Waals surface area contributed by atoms with Crippen LogP contribution < -0.4 is 10.6 Å². The van der Waals surface area contributed by atoms with E-state index in [4.69, 9.17) is 0 Å². The van der Waals surface area contributed by atoms with Crippen molar-refractivity contribution in [1.82, 2.24) is 10.6 Å². The van der Waals surface area contributed by atoms with Crippen LogP contribution in [0.4, 0.5) is 4.39 Å². The number of hydrogen-bond acceptors (Lipinski definition) is 2. The third-order valence-electron chi connectivity index (χ3n) is 2.70. The van der Waals surface area contributed by atoms with Crippen molar-refractivity contribution >= 4 is 5.91 Å². The normalized spacial score (nSPS) is 11.3. The lowest BCUT2D eigenvalue weighted by Gasteiger charge is -2.24. The minimum atomic E-state index is -0.283. The zero-order chi connectivity index (χ0) is 13.6. The Morgan fingerprint density at radius 3 is 2.39 bits per heavy atom. The van der Waals surface area contributed by atoms with Gasteiger partial charge in [-0.1, -0.05) is 26.0 Å². The molecule has 0 bridgehead atoms. The van der Waals surface area contributed by atoms with Crippen molar-refractivity contribution < 1.29 is 9.18 Å². The van der Waals surface area contributed by atoms with Crippen molar-refractivity contribution in [2.45, 2.75) is 20.3 Å². The first-order valence-corrected chi connectivity index (χ1v) is 6.09. The van der Waals surface area contributed by atoms with Crippen LogP contribution in [0.1, 0.15) is 19.4 Å². The third-order valence-corrected chi connectivity index (χ3v) is 2.70. The average Bonchev–Trinajstić information content (AvgIpc) is 2.30. The van der Waals surface area contributed by atoms with Gasteiger partial charge < -0.3 is 10.6 Å². The highest BCUT2D eigenvalue weighted by Crippen LogP contribution is 2.11. The van der Waals surface area contributed by atoms with Gasteiger partial charge in [-0.3, -0.25) is 4.79 Å². The van der Waals surface area contributed by atoms with E-state index in [2.05, 4.69) is 24.5 Å². The molecule has 100 valence electrons. The SMILES string of the molecule is CNCC(C)(C)CNC(=O)Cc1ccc(F)cc1. The van der Waals surface area contributed by atoms with E-state index in [1.807, 2.05) is 7.05 Å². The second-order valence-corrected chi connectivity index (χ2v) is 5.27. The van der Waals surface area contributed by atoms with Gasteiger partial charge in [-0.2, -0.15) is 0 Å². The van der Waals surface area contributed by atoms with E-state index >= 15 is 0 Å². The molecule has 1 amide bonds. The fourth-order valence-corrected chi connectivity index (χ4v) is 1.73. The van der Waals surface area contributed by atoms with Crippen LogP contribution in [0.15, 0.2) is 24.3 Å². The summed E-state index contributed by atoms with van der Waals surface area (Å²) in [6, 6.07) is 6.00. The number of carbonyl (C=O) groups is 1. The Labute approximate surface area is 108 Å². The molecule has 0 saturated heterocycles. The van der Waals surface area contributed by atoms with Gasteiger partial charge in [0.2, 0.25) is 5.91 Å². The van der Waals surface area contributed by atoms with Gasteiger partial charge in [-0.05, 0) is 30.2 Å². The summed E-state index contributed by atoms with van der Waals surface area (Å²) < 4.78 is 12.7. The molecular formula is C14H21FN2O. The van der Waals surface area contributed by atoms with E-state index in [0.717, 1.165) is 12.1 Å². The third kappa shape index (κ3) is 5.27. The molecule has 0 unspecified atom stereocenters. The lowest BCUT2D eigenvalue weighted by molar-refractivity contribution is -0.120. The first-order valence-electron chi connectivity index (χ1n) is 6.09. The number of benzene rings is 1. The molecule has 0 saturated carbocycles. The van der Waals surface area contributed by atoms with Gasteiger partial charge in [0.15, 0.2) is 0 Å². The minimum Gasteiger partial charge on any atom is -0.355 e. The molecule has 0 radical (unpaired) electrons. The van der Waals surface area contributed by atoms with Gasteiger partial charge >= 0.3 is 0 Å². The summed E-state index contributed by atoms with van der Waals surface area (Å²) in [5.74, 6) is -0.319. The van der Waals surface area contributed by atoms with Crippen LogP contribution in [0.5, 0.6) is 0 Å². The highest BCUT2D eigenvalue weighted by atomic mass is 19.1. The second-order valence-electron chi connectivity index (χ2n) is 5.27. The first kappa shape index (κ1) is 14.6. The highest BCUT2D eigenvalue weighted by molar-refractivity contribution is 5.78. The predicted molar refractivity (Wildman–Crippen MR) is 70.8 cm³/mol. The number of rotatable bonds is 6. The molecule has 0 fully saturated rings. The number of amides is 1. The van der Waals surface area contributed by atoms with Crippen LogP contribution in [0.2, 0.25) is 0 Å². The van der Waals surface area contributed by atoms with Gasteiger partial charge in [0, 0.05) is 13.1 Å². The first-order chi connectivity index (χ1) is 8.43. The Hall–Kier alpha value is -1.42. The summed E-state index contributed by atoms with van der Waals surface area (Å²) in [6.45, 7) is 5.63. The molecule has 0 spiro atoms. The molecule has 1 aromatic carbocycles. The maximum atomic E-state index is 12.7. The van der Waals surface area contributed by atoms with Crippen molar-refractivity contribution in [3.8, 4) is 0 Å². The van der Waals surface area contributed by atoms with Gasteiger partial charge in [0.05, 0.1) is 6.42 Å². The molecule has 1 aromatic rings. The molecule has 0 atom stereocenters. The van der Waals surface area contributed by atoms with E-state index in [-0.39, 0.29) is 23.6 Å². The van der Waals surface area contributed by atoms with Crippen LogP contribution in [0, 0.1) is 11.2 Å². The Kier molecular flexibility index (Phi) is 5.28. The lowest BCUT2D eigenvalue weighted by atomic mass is 9.93. The average molecular weight is 252 g/mol. The summed E-state index contributed by atoms with van der Waals surface area (Å²) in [4.78, 5) is 11.7. The molecular weight excluding hydrogens is 231 g/mol. The largest absolute Gasteiger partial charge is 0.355 e. The van der Waals surface area contributed by atoms with E-state index in [9.17, 15) is 9.18 Å². The molecule has 0 aliphatic carbocycles. The number of hydrogen-bond donors (Lipinski definition) is 2. The van der Waals surface area contributed by atoms with Crippen LogP contribution in [0.3, 0.4) is 0 Å². The van der Waals surface area contributed by atoms with E-state index in [1.165, 1.54) is 12.1 Å². The van der Waals surface area contributed by atoms with Crippen LogP contribution in [0.25, 0.3) is 0 Å². The molecule has 3 nitrogen and oxygen atoms in total. The van der Waals surface area contributed by atoms with Gasteiger partial charge in [0.1, 0.15) is 5.82 Å². The highest BCUT2D eigenvalue weighted by Gasteiger charge is 2.17. The molecule has 0 aliphatic heterocycles. The maximum absolute atomic E-state index is 12.7. The molecule has 0 heterocycles. The zero-order valence-electron chi connectivity index (χ0n) is 11.2. The van der Waals surface area contributed by atoms with E-state index < -0.39 is 0 Å². The summed E-state index contributed by atoms with van der Waals surface area (Å²) in [7, 11) is 1.89. The predicted octanol–water partition coefficient (Wildman–Crippen LogP) is 1.73. The standard InChI is InChI=1S/C14H21FN2O/c1-14(2,9-16-3)10-17-13(18)8-11-4-6-12(15)7-5-11/h4-7,16H,8-10H2,1-3H3,(H,17,18). The molecule has 4 heteroatoms. The molecule has 2 N–H and O–H groups in total. The Morgan fingerprint density at radius 2 is 1.83 bits per heavy atom. The van der Waals surface area contributed by atoms with Gasteiger partial charge in [0.25, 0.3) is 0 Å². The van der Waals surface area contributed by atoms with Crippen molar-refractivity contribution in [3.63, 3.8) is 0 Å². The number of halogens is 1. The lowest BCUT2D eigenvalue weighted by Crippen LogP contribution is -2.39. The molecule has 1 rings (SSSR count). The topological polar surface area (TPSA) is 41.1 Å². The molecule has 18 heavy (non-hydrogen) atoms. The Bertz CT molecular complexity index is 387. The summed E-state index contributed by atoms with van der Waals surface area (Å²) in [6.07, 6.45) is 0.288. The fourth-order valence-electron chi connectivity index (χ4n) is 1.73. The number of carbonyl (C=O) groups excluding carboxylic acids is 1. The van der Waals surface area contributed by atoms with Gasteiger partial charge in [-0.15, -0.1) is 0 Å². The van der Waals surface area contributed by atoms with Crippen molar-refractivity contribution in [3.05, 3.63) is 35.6 Å². The number of nitrogens with one attached hydrogen (secondary N) is 2. The van der Waals surface area contributed by atoms with Crippen molar-refractivity contribution in [2.24, 2.45) is 5.41 Å². The summed E-state index contributed by atoms with van der Waals surface area (Å²) in [5, 5.41) is 5.99. The summed E-state index contributed by atoms with van der Waals surface area (Å²) in [5.41, 5.74) is 0.841. The van der Waals surface area contributed by atoms with Crippen LogP contribution in [-0.2, 0) is 11.2 Å². The van der Waals surface area contributed by atoms with E-state index in [1.54, 1.807) is 12.1 Å². The fraction of sp³-hybridized carbons (Fsp3) is 0.500. The maximum Gasteiger partial charge on any atom is 0.224 e. The monoisotopic (exact) mass is 252 g/mol. The van der Waals surface area contributed by atoms with Gasteiger partial charge in [-0.25, -0.2) is 4.39 Å². The van der Waals surface area contributed by atoms with Crippen LogP contribution in [-0.4, -0.2) is 26.0 Å². The van der Waals surface area contributed by atoms with E-state index in [0.29, 0.717) is 6.54 Å². The minimum absolute atomic E-state index is 0.0210. The van der Waals surface area contributed by atoms with Crippen molar-refractivity contribution in [2.75, 3.05) is 20.1 Å². The summed E-state index contributed by atoms with van der Waals surface area (Å²) >= 11 is 0. The molecule has 0 aromatic heterocycles. The zero-order valence-corrected chi connectivity index (χ0v) is 11.2. The van der Waals surface area contributed by atoms with Crippen LogP contribution >= 0.6 is 0 Å². The second kappa shape index (κ2) is 6.50. The Morgan fingerprint density at radius 1 is 1.22 bits per heavy atom. The smallest absolute Gasteiger partial charge is 0.224 e. The quantitative estimate of drug-likeness (QED) is 0.809.